The summed E-state index contributed by atoms with van der Waals surface area (Å²) in [6.45, 7) is 6.97. The molecule has 0 aliphatic rings. The van der Waals surface area contributed by atoms with E-state index < -0.39 is 0 Å². The Bertz CT molecular complexity index is 678. The molecule has 0 spiro atoms. The quantitative estimate of drug-likeness (QED) is 0.275. The predicted octanol–water partition coefficient (Wildman–Crippen LogP) is 7.05. The zero-order valence-corrected chi connectivity index (χ0v) is 19.4. The maximum Gasteiger partial charge on any atom is 0.125 e. The third kappa shape index (κ3) is 7.17. The topological polar surface area (TPSA) is 36.9 Å². The average molecular weight is 417 g/mol. The van der Waals surface area contributed by atoms with Crippen molar-refractivity contribution in [1.29, 1.82) is 0 Å². The average Bonchev–Trinajstić information content (AvgIpc) is 2.76. The third-order valence-corrected chi connectivity index (χ3v) is 5.43. The number of hydrogen-bond acceptors (Lipinski definition) is 4. The van der Waals surface area contributed by atoms with Crippen LogP contribution in [-0.2, 0) is 22.7 Å². The van der Waals surface area contributed by atoms with Gasteiger partial charge in [-0.25, -0.2) is 0 Å². The van der Waals surface area contributed by atoms with Crippen LogP contribution in [0, 0.1) is 0 Å². The van der Waals surface area contributed by atoms with Crippen LogP contribution in [-0.4, -0.2) is 27.4 Å². The van der Waals surface area contributed by atoms with Crippen LogP contribution in [0.4, 0.5) is 0 Å². The molecule has 0 amide bonds. The van der Waals surface area contributed by atoms with Crippen LogP contribution in [0.15, 0.2) is 24.3 Å². The summed E-state index contributed by atoms with van der Waals surface area (Å²) in [6, 6.07) is 8.41. The van der Waals surface area contributed by atoms with Crippen LogP contribution in [0.25, 0.3) is 10.8 Å². The zero-order valence-electron chi connectivity index (χ0n) is 19.4. The first-order valence-electron chi connectivity index (χ1n) is 11.6. The van der Waals surface area contributed by atoms with Gasteiger partial charge in [0.1, 0.15) is 11.5 Å². The molecule has 30 heavy (non-hydrogen) atoms. The second-order valence-electron chi connectivity index (χ2n) is 7.86. The fourth-order valence-electron chi connectivity index (χ4n) is 3.77. The lowest BCUT2D eigenvalue weighted by Crippen LogP contribution is -2.05. The fraction of sp³-hybridized carbons (Fsp3) is 0.615. The Kier molecular flexibility index (Phi) is 11.6. The summed E-state index contributed by atoms with van der Waals surface area (Å²) in [6.07, 6.45) is 9.56. The molecular formula is C26H40O4. The maximum atomic E-state index is 6.13. The standard InChI is InChI=1S/C26H40O4/c1-5-7-9-11-17-29-25-15-13-22-21(23(25)19-27-3)14-16-26(24(22)20-28-4)30-18-12-10-8-6-2/h13-16H,5-12,17-20H2,1-4H3. The number of methoxy groups -OCH3 is 2. The monoisotopic (exact) mass is 416 g/mol. The second kappa shape index (κ2) is 14.3. The summed E-state index contributed by atoms with van der Waals surface area (Å²) >= 11 is 0. The lowest BCUT2D eigenvalue weighted by atomic mass is 9.98. The van der Waals surface area contributed by atoms with Crippen molar-refractivity contribution >= 4 is 10.8 Å². The molecule has 0 atom stereocenters. The van der Waals surface area contributed by atoms with Crippen LogP contribution in [0.5, 0.6) is 11.5 Å². The summed E-state index contributed by atoms with van der Waals surface area (Å²) in [4.78, 5) is 0. The molecule has 0 N–H and O–H groups in total. The fourth-order valence-corrected chi connectivity index (χ4v) is 3.77. The van der Waals surface area contributed by atoms with Gasteiger partial charge in [-0.1, -0.05) is 64.5 Å². The van der Waals surface area contributed by atoms with Gasteiger partial charge < -0.3 is 18.9 Å². The van der Waals surface area contributed by atoms with Gasteiger partial charge in [0.05, 0.1) is 26.4 Å². The van der Waals surface area contributed by atoms with E-state index in [0.717, 1.165) is 59.5 Å². The van der Waals surface area contributed by atoms with Crippen molar-refractivity contribution in [2.24, 2.45) is 0 Å². The van der Waals surface area contributed by atoms with Gasteiger partial charge in [0.2, 0.25) is 0 Å². The van der Waals surface area contributed by atoms with Gasteiger partial charge >= 0.3 is 0 Å². The Labute approximate surface area is 182 Å². The van der Waals surface area contributed by atoms with Crippen LogP contribution in [0.3, 0.4) is 0 Å². The molecule has 0 aliphatic carbocycles. The number of ether oxygens (including phenoxy) is 4. The lowest BCUT2D eigenvalue weighted by Gasteiger charge is -2.18. The molecule has 4 nitrogen and oxygen atoms in total. The Balaban J connectivity index is 2.25. The number of unbranched alkanes of at least 4 members (excludes halogenated alkanes) is 6. The third-order valence-electron chi connectivity index (χ3n) is 5.43. The Morgan fingerprint density at radius 3 is 1.37 bits per heavy atom. The van der Waals surface area contributed by atoms with Crippen LogP contribution < -0.4 is 9.47 Å². The van der Waals surface area contributed by atoms with Crippen molar-refractivity contribution in [2.45, 2.75) is 78.4 Å². The van der Waals surface area contributed by atoms with Crippen molar-refractivity contribution in [1.82, 2.24) is 0 Å². The molecule has 0 aromatic heterocycles. The second-order valence-corrected chi connectivity index (χ2v) is 7.86. The molecule has 0 fully saturated rings. The van der Waals surface area contributed by atoms with E-state index in [1.165, 1.54) is 38.5 Å². The molecule has 0 unspecified atom stereocenters. The number of fused-ring (bicyclic) bond motifs is 1. The highest BCUT2D eigenvalue weighted by molar-refractivity contribution is 5.92. The summed E-state index contributed by atoms with van der Waals surface area (Å²) in [5, 5.41) is 2.29. The van der Waals surface area contributed by atoms with Gasteiger partial charge in [0, 0.05) is 25.3 Å². The number of rotatable bonds is 16. The van der Waals surface area contributed by atoms with Crippen molar-refractivity contribution in [3.8, 4) is 11.5 Å². The van der Waals surface area contributed by atoms with E-state index in [0.29, 0.717) is 13.2 Å². The molecule has 0 saturated carbocycles. The minimum atomic E-state index is 0.519. The van der Waals surface area contributed by atoms with E-state index in [1.54, 1.807) is 14.2 Å². The van der Waals surface area contributed by atoms with Gasteiger partial charge in [0.15, 0.2) is 0 Å². The summed E-state index contributed by atoms with van der Waals surface area (Å²) in [5.41, 5.74) is 2.19. The van der Waals surface area contributed by atoms with E-state index >= 15 is 0 Å². The molecular weight excluding hydrogens is 376 g/mol. The SMILES string of the molecule is CCCCCCOc1ccc2c(COC)c(OCCCCCC)ccc2c1COC. The summed E-state index contributed by atoms with van der Waals surface area (Å²) in [7, 11) is 3.46. The van der Waals surface area contributed by atoms with E-state index in [1.807, 2.05) is 0 Å². The molecule has 2 aromatic carbocycles. The predicted molar refractivity (Wildman–Crippen MR) is 125 cm³/mol. The first kappa shape index (κ1) is 24.5. The first-order valence-corrected chi connectivity index (χ1v) is 11.6. The van der Waals surface area contributed by atoms with E-state index in [-0.39, 0.29) is 0 Å². The Hall–Kier alpha value is -1.78. The zero-order chi connectivity index (χ0) is 21.6. The van der Waals surface area contributed by atoms with Crippen LogP contribution in [0.2, 0.25) is 0 Å². The normalized spacial score (nSPS) is 11.2. The molecule has 168 valence electrons. The van der Waals surface area contributed by atoms with Gasteiger partial charge in [0.25, 0.3) is 0 Å². The smallest absolute Gasteiger partial charge is 0.125 e. The molecule has 0 radical (unpaired) electrons. The van der Waals surface area contributed by atoms with Crippen molar-refractivity contribution < 1.29 is 18.9 Å². The van der Waals surface area contributed by atoms with Crippen molar-refractivity contribution in [2.75, 3.05) is 27.4 Å². The molecule has 0 aliphatic heterocycles. The van der Waals surface area contributed by atoms with Crippen LogP contribution in [0.1, 0.15) is 76.3 Å². The highest BCUT2D eigenvalue weighted by Crippen LogP contribution is 2.35. The van der Waals surface area contributed by atoms with E-state index in [4.69, 9.17) is 18.9 Å². The number of hydrogen-bond donors (Lipinski definition) is 0. The molecule has 4 heteroatoms. The van der Waals surface area contributed by atoms with Crippen molar-refractivity contribution in [3.05, 3.63) is 35.4 Å². The Morgan fingerprint density at radius 2 is 1.00 bits per heavy atom. The highest BCUT2D eigenvalue weighted by Gasteiger charge is 2.15. The van der Waals surface area contributed by atoms with Gasteiger partial charge in [-0.3, -0.25) is 0 Å². The molecule has 2 aromatic rings. The highest BCUT2D eigenvalue weighted by atomic mass is 16.5. The summed E-state index contributed by atoms with van der Waals surface area (Å²) < 4.78 is 23.3. The van der Waals surface area contributed by atoms with Gasteiger partial charge in [-0.05, 0) is 35.7 Å². The van der Waals surface area contributed by atoms with E-state index in [9.17, 15) is 0 Å². The Morgan fingerprint density at radius 1 is 0.567 bits per heavy atom. The van der Waals surface area contributed by atoms with Crippen LogP contribution >= 0.6 is 0 Å². The number of benzene rings is 2. The largest absolute Gasteiger partial charge is 0.493 e. The minimum absolute atomic E-state index is 0.519. The molecule has 0 saturated heterocycles. The molecule has 0 bridgehead atoms. The minimum Gasteiger partial charge on any atom is -0.493 e. The van der Waals surface area contributed by atoms with Gasteiger partial charge in [-0.2, -0.15) is 0 Å². The van der Waals surface area contributed by atoms with E-state index in [2.05, 4.69) is 38.1 Å². The molecule has 0 heterocycles. The molecule has 2 rings (SSSR count). The van der Waals surface area contributed by atoms with Crippen molar-refractivity contribution in [3.63, 3.8) is 0 Å². The summed E-state index contributed by atoms with van der Waals surface area (Å²) in [5.74, 6) is 1.83. The maximum absolute atomic E-state index is 6.13. The first-order chi connectivity index (χ1) is 14.8. The lowest BCUT2D eigenvalue weighted by molar-refractivity contribution is 0.179. The van der Waals surface area contributed by atoms with Gasteiger partial charge in [-0.15, -0.1) is 0 Å².